The molecule has 1 aliphatic rings. The third kappa shape index (κ3) is 3.74. The van der Waals surface area contributed by atoms with Gasteiger partial charge in [0.1, 0.15) is 13.2 Å². The molecule has 0 aliphatic carbocycles. The van der Waals surface area contributed by atoms with Crippen LogP contribution in [0.5, 0.6) is 11.5 Å². The number of nitrogens with one attached hydrogen (secondary N) is 1. The lowest BCUT2D eigenvalue weighted by Gasteiger charge is -2.23. The molecule has 3 aromatic rings. The van der Waals surface area contributed by atoms with E-state index in [4.69, 9.17) is 9.47 Å². The summed E-state index contributed by atoms with van der Waals surface area (Å²) < 4.78 is 40.2. The molecule has 1 aliphatic heterocycles. The second kappa shape index (κ2) is 7.66. The Morgan fingerprint density at radius 2 is 1.54 bits per heavy atom. The maximum atomic E-state index is 13.2. The number of benzene rings is 3. The smallest absolute Gasteiger partial charge is 0.241 e. The number of sulfonamides is 1. The molecule has 0 amide bonds. The van der Waals surface area contributed by atoms with Crippen molar-refractivity contribution in [1.29, 1.82) is 0 Å². The van der Waals surface area contributed by atoms with Crippen LogP contribution in [-0.4, -0.2) is 21.6 Å². The predicted octanol–water partition coefficient (Wildman–Crippen LogP) is 3.83. The molecular weight excluding hydrogens is 374 g/mol. The summed E-state index contributed by atoms with van der Waals surface area (Å²) in [4.78, 5) is 0.145. The van der Waals surface area contributed by atoms with Gasteiger partial charge in [0.2, 0.25) is 10.0 Å². The fourth-order valence-corrected chi connectivity index (χ4v) is 4.50. The zero-order valence-corrected chi connectivity index (χ0v) is 16.3. The Hall–Kier alpha value is -2.83. The fourth-order valence-electron chi connectivity index (χ4n) is 3.28. The predicted molar refractivity (Wildman–Crippen MR) is 107 cm³/mol. The van der Waals surface area contributed by atoms with Gasteiger partial charge in [-0.1, -0.05) is 54.6 Å². The van der Waals surface area contributed by atoms with Crippen LogP contribution in [0.2, 0.25) is 0 Å². The van der Waals surface area contributed by atoms with Crippen molar-refractivity contribution in [2.45, 2.75) is 17.9 Å². The molecule has 144 valence electrons. The van der Waals surface area contributed by atoms with E-state index < -0.39 is 16.1 Å². The molecule has 5 nitrogen and oxygen atoms in total. The zero-order valence-electron chi connectivity index (χ0n) is 15.5. The minimum Gasteiger partial charge on any atom is -0.486 e. The monoisotopic (exact) mass is 395 g/mol. The molecule has 1 N–H and O–H groups in total. The molecule has 0 radical (unpaired) electrons. The highest BCUT2D eigenvalue weighted by Gasteiger charge is 2.25. The Labute approximate surface area is 165 Å². The van der Waals surface area contributed by atoms with Crippen LogP contribution < -0.4 is 14.2 Å². The molecule has 0 aromatic heterocycles. The zero-order chi connectivity index (χ0) is 19.6. The van der Waals surface area contributed by atoms with E-state index in [-0.39, 0.29) is 4.90 Å². The average Bonchev–Trinajstić information content (AvgIpc) is 2.73. The maximum absolute atomic E-state index is 13.2. The van der Waals surface area contributed by atoms with Gasteiger partial charge in [-0.3, -0.25) is 0 Å². The first-order valence-electron chi connectivity index (χ1n) is 9.07. The topological polar surface area (TPSA) is 64.6 Å². The lowest BCUT2D eigenvalue weighted by atomic mass is 9.96. The summed E-state index contributed by atoms with van der Waals surface area (Å²) in [7, 11) is -3.79. The maximum Gasteiger partial charge on any atom is 0.241 e. The van der Waals surface area contributed by atoms with E-state index in [1.165, 1.54) is 12.1 Å². The summed E-state index contributed by atoms with van der Waals surface area (Å²) in [6.45, 7) is 2.84. The van der Waals surface area contributed by atoms with Gasteiger partial charge < -0.3 is 9.47 Å². The molecule has 0 spiro atoms. The Bertz CT molecular complexity index is 1080. The van der Waals surface area contributed by atoms with Gasteiger partial charge in [0.15, 0.2) is 11.5 Å². The van der Waals surface area contributed by atoms with Crippen LogP contribution in [0.1, 0.15) is 22.7 Å². The number of rotatable bonds is 5. The third-order valence-electron chi connectivity index (χ3n) is 4.73. The molecule has 0 bridgehead atoms. The fraction of sp³-hybridized carbons (Fsp3) is 0.182. The van der Waals surface area contributed by atoms with Crippen molar-refractivity contribution < 1.29 is 17.9 Å². The molecule has 0 saturated heterocycles. The van der Waals surface area contributed by atoms with Crippen molar-refractivity contribution in [2.24, 2.45) is 0 Å². The largest absolute Gasteiger partial charge is 0.486 e. The number of ether oxygens (including phenoxy) is 2. The SMILES string of the molecule is Cc1ccccc1[C@H](NS(=O)(=O)c1ccc2c(c1)OCCO2)c1ccccc1. The lowest BCUT2D eigenvalue weighted by molar-refractivity contribution is 0.171. The van der Waals surface area contributed by atoms with Crippen molar-refractivity contribution in [3.8, 4) is 11.5 Å². The van der Waals surface area contributed by atoms with Gasteiger partial charge in [-0.15, -0.1) is 0 Å². The Kier molecular flexibility index (Phi) is 5.07. The highest BCUT2D eigenvalue weighted by Crippen LogP contribution is 2.33. The van der Waals surface area contributed by atoms with Crippen molar-refractivity contribution in [3.63, 3.8) is 0 Å². The molecule has 28 heavy (non-hydrogen) atoms. The first kappa shape index (κ1) is 18.5. The molecule has 0 fully saturated rings. The van der Waals surface area contributed by atoms with Crippen LogP contribution in [0.3, 0.4) is 0 Å². The summed E-state index contributed by atoms with van der Waals surface area (Å²) in [6.07, 6.45) is 0. The van der Waals surface area contributed by atoms with Crippen LogP contribution >= 0.6 is 0 Å². The van der Waals surface area contributed by atoms with Crippen molar-refractivity contribution in [1.82, 2.24) is 4.72 Å². The summed E-state index contributed by atoms with van der Waals surface area (Å²) in [5, 5.41) is 0. The van der Waals surface area contributed by atoms with Crippen LogP contribution in [0.25, 0.3) is 0 Å². The second-order valence-corrected chi connectivity index (χ2v) is 8.34. The van der Waals surface area contributed by atoms with E-state index in [2.05, 4.69) is 4.72 Å². The molecule has 6 heteroatoms. The molecule has 0 unspecified atom stereocenters. The van der Waals surface area contributed by atoms with E-state index in [1.54, 1.807) is 6.07 Å². The Balaban J connectivity index is 1.73. The summed E-state index contributed by atoms with van der Waals surface area (Å²) in [5.74, 6) is 1.00. The Morgan fingerprint density at radius 3 is 2.29 bits per heavy atom. The van der Waals surface area contributed by atoms with Gasteiger partial charge in [0.05, 0.1) is 10.9 Å². The van der Waals surface area contributed by atoms with Crippen LogP contribution in [0, 0.1) is 6.92 Å². The molecule has 1 heterocycles. The lowest BCUT2D eigenvalue weighted by Crippen LogP contribution is -2.30. The second-order valence-electron chi connectivity index (χ2n) is 6.63. The minimum atomic E-state index is -3.79. The van der Waals surface area contributed by atoms with Gasteiger partial charge in [-0.25, -0.2) is 8.42 Å². The van der Waals surface area contributed by atoms with Gasteiger partial charge in [-0.2, -0.15) is 4.72 Å². The van der Waals surface area contributed by atoms with Crippen molar-refractivity contribution >= 4 is 10.0 Å². The first-order valence-corrected chi connectivity index (χ1v) is 10.6. The molecular formula is C22H21NO4S. The molecule has 0 saturated carbocycles. The number of hydrogen-bond donors (Lipinski definition) is 1. The average molecular weight is 395 g/mol. The standard InChI is InChI=1S/C22H21NO4S/c1-16-7-5-6-10-19(16)22(17-8-3-2-4-9-17)23-28(24,25)18-11-12-20-21(15-18)27-14-13-26-20/h2-12,15,22-23H,13-14H2,1H3/t22-/m1/s1. The number of fused-ring (bicyclic) bond motifs is 1. The third-order valence-corrected chi connectivity index (χ3v) is 6.15. The van der Waals surface area contributed by atoms with Gasteiger partial charge >= 0.3 is 0 Å². The van der Waals surface area contributed by atoms with Crippen LogP contribution in [0.15, 0.2) is 77.7 Å². The Morgan fingerprint density at radius 1 is 0.857 bits per heavy atom. The van der Waals surface area contributed by atoms with E-state index in [9.17, 15) is 8.42 Å². The minimum absolute atomic E-state index is 0.145. The molecule has 3 aromatic carbocycles. The summed E-state index contributed by atoms with van der Waals surface area (Å²) in [5.41, 5.74) is 2.80. The van der Waals surface area contributed by atoms with Crippen molar-refractivity contribution in [2.75, 3.05) is 13.2 Å². The van der Waals surface area contributed by atoms with E-state index in [0.717, 1.165) is 16.7 Å². The number of hydrogen-bond acceptors (Lipinski definition) is 4. The first-order chi connectivity index (χ1) is 13.5. The van der Waals surface area contributed by atoms with Gasteiger partial charge in [0, 0.05) is 6.07 Å². The van der Waals surface area contributed by atoms with E-state index in [0.29, 0.717) is 24.7 Å². The highest BCUT2D eigenvalue weighted by molar-refractivity contribution is 7.89. The quantitative estimate of drug-likeness (QED) is 0.713. The highest BCUT2D eigenvalue weighted by atomic mass is 32.2. The normalized spacial score (nSPS) is 14.5. The van der Waals surface area contributed by atoms with E-state index in [1.807, 2.05) is 61.5 Å². The molecule has 1 atom stereocenters. The summed E-state index contributed by atoms with van der Waals surface area (Å²) >= 11 is 0. The van der Waals surface area contributed by atoms with E-state index >= 15 is 0 Å². The van der Waals surface area contributed by atoms with Crippen LogP contribution in [-0.2, 0) is 10.0 Å². The number of aryl methyl sites for hydroxylation is 1. The van der Waals surface area contributed by atoms with Crippen LogP contribution in [0.4, 0.5) is 0 Å². The molecule has 4 rings (SSSR count). The van der Waals surface area contributed by atoms with Crippen molar-refractivity contribution in [3.05, 3.63) is 89.5 Å². The van der Waals surface area contributed by atoms with Gasteiger partial charge in [0.25, 0.3) is 0 Å². The van der Waals surface area contributed by atoms with Gasteiger partial charge in [-0.05, 0) is 35.7 Å². The summed E-state index contributed by atoms with van der Waals surface area (Å²) in [6, 6.07) is 21.5.